The molecule has 3 nitrogen and oxygen atoms in total. The molecule has 1 saturated heterocycles. The van der Waals surface area contributed by atoms with Gasteiger partial charge in [0.2, 0.25) is 0 Å². The minimum atomic E-state index is -0.441. The predicted molar refractivity (Wildman–Crippen MR) is 91.6 cm³/mol. The zero-order valence-corrected chi connectivity index (χ0v) is 14.7. The average Bonchev–Trinajstić information content (AvgIpc) is 2.45. The largest absolute Gasteiger partial charge is 0.491 e. The van der Waals surface area contributed by atoms with Crippen LogP contribution in [0.25, 0.3) is 0 Å². The minimum absolute atomic E-state index is 0.361. The lowest BCUT2D eigenvalue weighted by atomic mass is 9.97. The Labute approximate surface area is 135 Å². The molecule has 0 saturated carbocycles. The first-order valence-electron chi connectivity index (χ1n) is 8.53. The molecule has 1 aliphatic rings. The Morgan fingerprint density at radius 1 is 1.18 bits per heavy atom. The summed E-state index contributed by atoms with van der Waals surface area (Å²) >= 11 is 0. The van der Waals surface area contributed by atoms with Crippen molar-refractivity contribution < 1.29 is 9.84 Å². The molecule has 22 heavy (non-hydrogen) atoms. The van der Waals surface area contributed by atoms with Gasteiger partial charge >= 0.3 is 0 Å². The van der Waals surface area contributed by atoms with Gasteiger partial charge in [-0.05, 0) is 70.2 Å². The highest BCUT2D eigenvalue weighted by Gasteiger charge is 2.26. The van der Waals surface area contributed by atoms with E-state index in [9.17, 15) is 5.11 Å². The van der Waals surface area contributed by atoms with Gasteiger partial charge < -0.3 is 9.84 Å². The van der Waals surface area contributed by atoms with Gasteiger partial charge in [-0.1, -0.05) is 12.5 Å². The zero-order valence-electron chi connectivity index (χ0n) is 14.7. The van der Waals surface area contributed by atoms with Crippen LogP contribution in [0, 0.1) is 20.8 Å². The highest BCUT2D eigenvalue weighted by molar-refractivity contribution is 5.41. The normalized spacial score (nSPS) is 24.3. The van der Waals surface area contributed by atoms with Crippen LogP contribution in [0.3, 0.4) is 0 Å². The molecule has 1 N–H and O–H groups in total. The molecule has 3 heteroatoms. The van der Waals surface area contributed by atoms with Gasteiger partial charge in [-0.3, -0.25) is 4.90 Å². The molecule has 0 radical (unpaired) electrons. The van der Waals surface area contributed by atoms with Crippen molar-refractivity contribution in [1.82, 2.24) is 4.90 Å². The monoisotopic (exact) mass is 305 g/mol. The van der Waals surface area contributed by atoms with Crippen molar-refractivity contribution in [3.05, 3.63) is 28.8 Å². The number of hydrogen-bond donors (Lipinski definition) is 1. The summed E-state index contributed by atoms with van der Waals surface area (Å²) in [7, 11) is 0. The third kappa shape index (κ3) is 4.23. The van der Waals surface area contributed by atoms with Crippen LogP contribution in [0.15, 0.2) is 12.1 Å². The molecule has 0 amide bonds. The van der Waals surface area contributed by atoms with Gasteiger partial charge in [-0.25, -0.2) is 0 Å². The highest BCUT2D eigenvalue weighted by atomic mass is 16.5. The molecule has 1 heterocycles. The summed E-state index contributed by atoms with van der Waals surface area (Å²) in [4.78, 5) is 2.42. The smallest absolute Gasteiger partial charge is 0.122 e. The van der Waals surface area contributed by atoms with Gasteiger partial charge in [0, 0.05) is 18.6 Å². The standard InChI is InChI=1S/C19H31NO2/c1-13-9-14(2)17(5)19(10-13)22-12-18(21)11-20-15(3)7-6-8-16(20)4/h9-10,15-16,18,21H,6-8,11-12H2,1-5H3/t15-,16+,18-/m0/s1. The molecule has 1 fully saturated rings. The predicted octanol–water partition coefficient (Wildman–Crippen LogP) is 3.61. The van der Waals surface area contributed by atoms with E-state index < -0.39 is 6.10 Å². The molecule has 2 rings (SSSR count). The van der Waals surface area contributed by atoms with Gasteiger partial charge in [0.1, 0.15) is 18.5 Å². The number of rotatable bonds is 5. The van der Waals surface area contributed by atoms with E-state index in [-0.39, 0.29) is 0 Å². The van der Waals surface area contributed by atoms with Crippen molar-refractivity contribution in [3.63, 3.8) is 0 Å². The zero-order chi connectivity index (χ0) is 16.3. The Kier molecular flexibility index (Phi) is 5.87. The first-order valence-corrected chi connectivity index (χ1v) is 8.53. The number of benzene rings is 1. The molecule has 0 aromatic heterocycles. The molecular weight excluding hydrogens is 274 g/mol. The fraction of sp³-hybridized carbons (Fsp3) is 0.684. The lowest BCUT2D eigenvalue weighted by Crippen LogP contribution is -2.48. The van der Waals surface area contributed by atoms with Crippen LogP contribution < -0.4 is 4.74 Å². The summed E-state index contributed by atoms with van der Waals surface area (Å²) in [6.45, 7) is 11.8. The van der Waals surface area contributed by atoms with E-state index in [1.54, 1.807) is 0 Å². The third-order valence-corrected chi connectivity index (χ3v) is 4.99. The Bertz CT molecular complexity index is 490. The number of piperidine rings is 1. The molecule has 0 unspecified atom stereocenters. The lowest BCUT2D eigenvalue weighted by molar-refractivity contribution is 0.0207. The van der Waals surface area contributed by atoms with E-state index >= 15 is 0 Å². The summed E-state index contributed by atoms with van der Waals surface area (Å²) < 4.78 is 5.90. The van der Waals surface area contributed by atoms with Crippen molar-refractivity contribution in [2.75, 3.05) is 13.2 Å². The van der Waals surface area contributed by atoms with E-state index in [2.05, 4.69) is 51.7 Å². The van der Waals surface area contributed by atoms with E-state index in [0.29, 0.717) is 25.2 Å². The summed E-state index contributed by atoms with van der Waals surface area (Å²) in [6, 6.07) is 5.33. The van der Waals surface area contributed by atoms with Crippen LogP contribution in [0.2, 0.25) is 0 Å². The Morgan fingerprint density at radius 3 is 2.45 bits per heavy atom. The number of likely N-dealkylation sites (tertiary alicyclic amines) is 1. The van der Waals surface area contributed by atoms with E-state index in [1.165, 1.54) is 30.4 Å². The number of aliphatic hydroxyl groups excluding tert-OH is 1. The quantitative estimate of drug-likeness (QED) is 0.902. The maximum atomic E-state index is 10.4. The molecule has 1 aromatic rings. The Morgan fingerprint density at radius 2 is 1.82 bits per heavy atom. The van der Waals surface area contributed by atoms with Gasteiger partial charge in [-0.2, -0.15) is 0 Å². The number of aliphatic hydroxyl groups is 1. The number of aryl methyl sites for hydroxylation is 2. The van der Waals surface area contributed by atoms with Crippen molar-refractivity contribution >= 4 is 0 Å². The Balaban J connectivity index is 1.91. The van der Waals surface area contributed by atoms with Crippen LogP contribution in [-0.2, 0) is 0 Å². The van der Waals surface area contributed by atoms with Crippen LogP contribution in [0.4, 0.5) is 0 Å². The molecule has 124 valence electrons. The van der Waals surface area contributed by atoms with E-state index in [1.807, 2.05) is 0 Å². The minimum Gasteiger partial charge on any atom is -0.491 e. The molecular formula is C19H31NO2. The molecule has 0 spiro atoms. The summed E-state index contributed by atoms with van der Waals surface area (Å²) in [5, 5.41) is 10.4. The number of β-amino-alcohol motifs (C(OH)–C–C–N with tert-alkyl or cyclic N) is 1. The second-order valence-corrected chi connectivity index (χ2v) is 7.00. The topological polar surface area (TPSA) is 32.7 Å². The van der Waals surface area contributed by atoms with Crippen molar-refractivity contribution in [3.8, 4) is 5.75 Å². The molecule has 0 aliphatic carbocycles. The van der Waals surface area contributed by atoms with Crippen molar-refractivity contribution in [2.45, 2.75) is 72.1 Å². The summed E-state index contributed by atoms with van der Waals surface area (Å²) in [5.41, 5.74) is 3.60. The molecule has 3 atom stereocenters. The second kappa shape index (κ2) is 7.47. The van der Waals surface area contributed by atoms with Crippen LogP contribution in [-0.4, -0.2) is 41.3 Å². The van der Waals surface area contributed by atoms with Gasteiger partial charge in [0.15, 0.2) is 0 Å². The van der Waals surface area contributed by atoms with Crippen LogP contribution in [0.5, 0.6) is 5.75 Å². The number of hydrogen-bond acceptors (Lipinski definition) is 3. The molecule has 0 bridgehead atoms. The summed E-state index contributed by atoms with van der Waals surface area (Å²) in [6.07, 6.45) is 3.32. The van der Waals surface area contributed by atoms with Crippen molar-refractivity contribution in [2.24, 2.45) is 0 Å². The average molecular weight is 305 g/mol. The number of nitrogens with zero attached hydrogens (tertiary/aromatic N) is 1. The van der Waals surface area contributed by atoms with Crippen LogP contribution in [0.1, 0.15) is 49.8 Å². The van der Waals surface area contributed by atoms with E-state index in [4.69, 9.17) is 4.74 Å². The van der Waals surface area contributed by atoms with Crippen molar-refractivity contribution in [1.29, 1.82) is 0 Å². The van der Waals surface area contributed by atoms with Gasteiger partial charge in [0.25, 0.3) is 0 Å². The Hall–Kier alpha value is -1.06. The molecule has 1 aromatic carbocycles. The highest BCUT2D eigenvalue weighted by Crippen LogP contribution is 2.25. The third-order valence-electron chi connectivity index (χ3n) is 4.99. The fourth-order valence-electron chi connectivity index (χ4n) is 3.47. The number of ether oxygens (including phenoxy) is 1. The first kappa shape index (κ1) is 17.3. The SMILES string of the molecule is Cc1cc(C)c(C)c(OC[C@@H](O)CN2[C@H](C)CCC[C@@H]2C)c1. The maximum Gasteiger partial charge on any atom is 0.122 e. The van der Waals surface area contributed by atoms with Gasteiger partial charge in [-0.15, -0.1) is 0 Å². The first-order chi connectivity index (χ1) is 10.4. The second-order valence-electron chi connectivity index (χ2n) is 7.00. The maximum absolute atomic E-state index is 10.4. The van der Waals surface area contributed by atoms with E-state index in [0.717, 1.165) is 11.3 Å². The van der Waals surface area contributed by atoms with Gasteiger partial charge in [0.05, 0.1) is 0 Å². The van der Waals surface area contributed by atoms with Crippen LogP contribution >= 0.6 is 0 Å². The molecule has 1 aliphatic heterocycles. The summed E-state index contributed by atoms with van der Waals surface area (Å²) in [5.74, 6) is 0.899. The fourth-order valence-corrected chi connectivity index (χ4v) is 3.47. The lowest BCUT2D eigenvalue weighted by Gasteiger charge is -2.40.